The molecule has 0 bridgehead atoms. The molecule has 5 rings (SSSR count). The second kappa shape index (κ2) is 9.37. The Labute approximate surface area is 201 Å². The number of amides is 2. The molecule has 172 valence electrons. The highest BCUT2D eigenvalue weighted by molar-refractivity contribution is 6.02. The predicted molar refractivity (Wildman–Crippen MR) is 123 cm³/mol. The Morgan fingerprint density at radius 2 is 1.91 bits per heavy atom. The van der Waals surface area contributed by atoms with Gasteiger partial charge >= 0.3 is 0 Å². The molecule has 0 unspecified atom stereocenters. The molecule has 3 heterocycles. The number of allylic oxidation sites excluding steroid dienone is 1. The van der Waals surface area contributed by atoms with Crippen LogP contribution < -0.4 is 10.1 Å². The molecule has 2 amide bonds. The van der Waals surface area contributed by atoms with Crippen molar-refractivity contribution in [2.24, 2.45) is 0 Å². The van der Waals surface area contributed by atoms with Gasteiger partial charge in [-0.3, -0.25) is 14.5 Å². The third kappa shape index (κ3) is 4.65. The van der Waals surface area contributed by atoms with E-state index in [1.165, 1.54) is 11.6 Å². The zero-order chi connectivity index (χ0) is 27.3. The van der Waals surface area contributed by atoms with E-state index in [9.17, 15) is 9.59 Å². The van der Waals surface area contributed by atoms with Crippen LogP contribution in [0.15, 0.2) is 54.7 Å². The van der Waals surface area contributed by atoms with Gasteiger partial charge in [0.05, 0.1) is 21.1 Å². The summed E-state index contributed by atoms with van der Waals surface area (Å²) in [5.74, 6) is -1.51. The first kappa shape index (κ1) is 16.5. The number of piperidine rings is 1. The SMILES string of the molecule is [2H]C1([2H])C(=C)NC(=O)[C@@]([2H])(N2Cc3c(OCc4ccc(CN5CCOCC5)cc4)cccc3C2=O)C1([2H])[2H]. The third-order valence-electron chi connectivity index (χ3n) is 5.93. The Morgan fingerprint density at radius 1 is 1.15 bits per heavy atom. The lowest BCUT2D eigenvalue weighted by molar-refractivity contribution is -0.126. The van der Waals surface area contributed by atoms with E-state index in [4.69, 9.17) is 16.3 Å². The van der Waals surface area contributed by atoms with Crippen molar-refractivity contribution in [3.63, 3.8) is 0 Å². The van der Waals surface area contributed by atoms with Gasteiger partial charge in [-0.1, -0.05) is 36.9 Å². The number of nitrogens with zero attached hydrogens (tertiary/aromatic N) is 2. The third-order valence-corrected chi connectivity index (χ3v) is 5.93. The standard InChI is InChI=1S/C26H29N3O4/c1-18-5-10-23(25(30)27-18)29-16-22-21(26(29)31)3-2-4-24(22)33-17-20-8-6-19(7-9-20)15-28-11-13-32-14-12-28/h2-4,6-9,23H,1,5,10-17H2,(H,27,30)/t23-/m0/s1/i5D2,10D2,23D. The van der Waals surface area contributed by atoms with Crippen molar-refractivity contribution in [3.8, 4) is 5.75 Å². The molecule has 0 spiro atoms. The van der Waals surface area contributed by atoms with E-state index in [1.807, 2.05) is 24.3 Å². The predicted octanol–water partition coefficient (Wildman–Crippen LogP) is 2.85. The van der Waals surface area contributed by atoms with Gasteiger partial charge in [-0.2, -0.15) is 0 Å². The summed E-state index contributed by atoms with van der Waals surface area (Å²) in [7, 11) is 0. The Hall–Kier alpha value is -3.16. The van der Waals surface area contributed by atoms with Gasteiger partial charge < -0.3 is 19.7 Å². The normalized spacial score (nSPS) is 28.7. The summed E-state index contributed by atoms with van der Waals surface area (Å²) < 4.78 is 53.3. The summed E-state index contributed by atoms with van der Waals surface area (Å²) in [6, 6.07) is 10.0. The maximum atomic E-state index is 13.3. The number of carbonyl (C=O) groups is 2. The van der Waals surface area contributed by atoms with Crippen molar-refractivity contribution >= 4 is 11.8 Å². The molecule has 0 saturated carbocycles. The molecule has 2 saturated heterocycles. The first-order valence-electron chi connectivity index (χ1n) is 13.4. The maximum Gasteiger partial charge on any atom is 0.255 e. The molecule has 1 atom stereocenters. The van der Waals surface area contributed by atoms with Gasteiger partial charge in [0.1, 0.15) is 18.4 Å². The van der Waals surface area contributed by atoms with Crippen LogP contribution in [0.1, 0.15) is 46.6 Å². The van der Waals surface area contributed by atoms with E-state index in [1.54, 1.807) is 12.1 Å². The highest BCUT2D eigenvalue weighted by Gasteiger charge is 2.39. The monoisotopic (exact) mass is 452 g/mol. The Kier molecular flexibility index (Phi) is 4.67. The van der Waals surface area contributed by atoms with Crippen LogP contribution in [-0.4, -0.2) is 53.9 Å². The number of fused-ring (bicyclic) bond motifs is 1. The highest BCUT2D eigenvalue weighted by atomic mass is 16.5. The van der Waals surface area contributed by atoms with Crippen LogP contribution in [0.25, 0.3) is 0 Å². The van der Waals surface area contributed by atoms with Gasteiger partial charge in [-0.25, -0.2) is 0 Å². The number of rotatable bonds is 6. The molecular weight excluding hydrogens is 418 g/mol. The minimum Gasteiger partial charge on any atom is -0.489 e. The average molecular weight is 453 g/mol. The van der Waals surface area contributed by atoms with Gasteiger partial charge in [0.2, 0.25) is 5.91 Å². The van der Waals surface area contributed by atoms with Gasteiger partial charge in [0.15, 0.2) is 0 Å². The van der Waals surface area contributed by atoms with E-state index in [0.717, 1.165) is 43.3 Å². The minimum absolute atomic E-state index is 0.184. The fourth-order valence-electron chi connectivity index (χ4n) is 4.15. The Morgan fingerprint density at radius 3 is 2.70 bits per heavy atom. The first-order valence-corrected chi connectivity index (χ1v) is 10.9. The molecule has 2 fully saturated rings. The summed E-state index contributed by atoms with van der Waals surface area (Å²) in [5, 5.41) is 2.16. The topological polar surface area (TPSA) is 71.1 Å². The second-order valence-corrected chi connectivity index (χ2v) is 8.20. The summed E-state index contributed by atoms with van der Waals surface area (Å²) in [4.78, 5) is 29.3. The Bertz CT molecular complexity index is 1280. The fraction of sp³-hybridized carbons (Fsp3) is 0.385. The number of hydrogen-bond acceptors (Lipinski definition) is 5. The van der Waals surface area contributed by atoms with Crippen LogP contribution >= 0.6 is 0 Å². The number of nitrogens with one attached hydrogen (secondary N) is 1. The molecule has 0 radical (unpaired) electrons. The zero-order valence-electron chi connectivity index (χ0n) is 23.2. The number of carbonyl (C=O) groups excluding carboxylic acids is 2. The largest absolute Gasteiger partial charge is 0.489 e. The van der Waals surface area contributed by atoms with Crippen LogP contribution in [0.3, 0.4) is 0 Å². The number of morpholine rings is 1. The molecule has 0 aromatic heterocycles. The highest BCUT2D eigenvalue weighted by Crippen LogP contribution is 2.34. The van der Waals surface area contributed by atoms with Crippen molar-refractivity contribution in [2.45, 2.75) is 38.5 Å². The molecule has 0 aliphatic carbocycles. The zero-order valence-corrected chi connectivity index (χ0v) is 18.2. The number of hydrogen-bond donors (Lipinski definition) is 1. The number of ether oxygens (including phenoxy) is 2. The lowest BCUT2D eigenvalue weighted by atomic mass is 10.0. The van der Waals surface area contributed by atoms with Crippen LogP contribution in [-0.2, 0) is 29.2 Å². The smallest absolute Gasteiger partial charge is 0.255 e. The van der Waals surface area contributed by atoms with Crippen molar-refractivity contribution < 1.29 is 25.9 Å². The molecule has 7 nitrogen and oxygen atoms in total. The fourth-order valence-corrected chi connectivity index (χ4v) is 4.15. The summed E-state index contributed by atoms with van der Waals surface area (Å²) in [5.41, 5.74) is 2.21. The van der Waals surface area contributed by atoms with E-state index < -0.39 is 36.3 Å². The first-order chi connectivity index (χ1) is 18.0. The van der Waals surface area contributed by atoms with Crippen molar-refractivity contribution in [3.05, 3.63) is 77.0 Å². The average Bonchev–Trinajstić information content (AvgIpc) is 3.24. The molecule has 33 heavy (non-hydrogen) atoms. The summed E-state index contributed by atoms with van der Waals surface area (Å²) in [6.07, 6.45) is -5.84. The molecule has 7 heteroatoms. The molecule has 2 aromatic rings. The summed E-state index contributed by atoms with van der Waals surface area (Å²) in [6.45, 7) is 7.49. The molecule has 1 N–H and O–H groups in total. The second-order valence-electron chi connectivity index (χ2n) is 8.20. The van der Waals surface area contributed by atoms with Crippen molar-refractivity contribution in [1.29, 1.82) is 0 Å². The van der Waals surface area contributed by atoms with E-state index in [-0.39, 0.29) is 18.7 Å². The van der Waals surface area contributed by atoms with Crippen LogP contribution in [0.2, 0.25) is 0 Å². The van der Waals surface area contributed by atoms with Gasteiger partial charge in [-0.05, 0) is 36.0 Å². The van der Waals surface area contributed by atoms with E-state index in [2.05, 4.69) is 16.8 Å². The van der Waals surface area contributed by atoms with Crippen molar-refractivity contribution in [2.75, 3.05) is 26.3 Å². The number of benzene rings is 2. The summed E-state index contributed by atoms with van der Waals surface area (Å²) >= 11 is 0. The molecular formula is C26H29N3O4. The molecule has 3 aliphatic rings. The lowest BCUT2D eigenvalue weighted by Gasteiger charge is -2.31. The van der Waals surface area contributed by atoms with E-state index in [0.29, 0.717) is 11.3 Å². The Balaban J connectivity index is 1.32. The minimum atomic E-state index is -3.07. The molecule has 2 aromatic carbocycles. The van der Waals surface area contributed by atoms with E-state index >= 15 is 0 Å². The van der Waals surface area contributed by atoms with Gasteiger partial charge in [0, 0.05) is 41.9 Å². The quantitative estimate of drug-likeness (QED) is 0.730. The maximum absolute atomic E-state index is 13.3. The van der Waals surface area contributed by atoms with Crippen LogP contribution in [0.4, 0.5) is 0 Å². The van der Waals surface area contributed by atoms with Gasteiger partial charge in [0.25, 0.3) is 5.91 Å². The molecule has 3 aliphatic heterocycles. The van der Waals surface area contributed by atoms with Gasteiger partial charge in [-0.15, -0.1) is 0 Å². The van der Waals surface area contributed by atoms with Crippen LogP contribution in [0.5, 0.6) is 5.75 Å². The lowest BCUT2D eigenvalue weighted by Crippen LogP contribution is -2.49. The van der Waals surface area contributed by atoms with Crippen LogP contribution in [0, 0.1) is 0 Å². The van der Waals surface area contributed by atoms with Crippen molar-refractivity contribution in [1.82, 2.24) is 15.1 Å².